The monoisotopic (exact) mass is 238 g/mol. The number of aliphatic hydroxyl groups is 4. The molecule has 3 atom stereocenters. The predicted octanol–water partition coefficient (Wildman–Crippen LogP) is -4.13. The van der Waals surface area contributed by atoms with Gasteiger partial charge in [-0.15, -0.1) is 0 Å². The van der Waals surface area contributed by atoms with Gasteiger partial charge in [0.25, 0.3) is 0 Å². The summed E-state index contributed by atoms with van der Waals surface area (Å²) in [5.41, 5.74) is 10.2. The second-order valence-corrected chi connectivity index (χ2v) is 3.48. The molecule has 0 aromatic carbocycles. The largest absolute Gasteiger partial charge is 0.394 e. The molecule has 0 unspecified atom stereocenters. The normalized spacial score (nSPS) is 23.9. The number of nitrogens with one attached hydrogen (secondary N) is 4. The molecule has 1 aliphatic rings. The third-order valence-electron chi connectivity index (χ3n) is 1.96. The number of hydrogen-bond acceptors (Lipinski definition) is 7. The molecule has 0 radical (unpaired) electrons. The van der Waals surface area contributed by atoms with Gasteiger partial charge in [-0.3, -0.25) is 10.9 Å². The summed E-state index contributed by atoms with van der Waals surface area (Å²) in [6.07, 6.45) is -4.96. The van der Waals surface area contributed by atoms with Gasteiger partial charge in [0, 0.05) is 0 Å². The Morgan fingerprint density at radius 2 is 1.73 bits per heavy atom. The van der Waals surface area contributed by atoms with Crippen molar-refractivity contribution in [2.75, 3.05) is 6.61 Å². The third kappa shape index (κ3) is 3.21. The van der Waals surface area contributed by atoms with Crippen LogP contribution < -0.4 is 21.7 Å². The quantitative estimate of drug-likeness (QED) is 0.230. The molecule has 15 heavy (non-hydrogen) atoms. The van der Waals surface area contributed by atoms with E-state index in [-0.39, 0.29) is 5.11 Å². The van der Waals surface area contributed by atoms with Gasteiger partial charge in [0.15, 0.2) is 5.11 Å². The molecule has 0 spiro atoms. The van der Waals surface area contributed by atoms with E-state index in [4.69, 9.17) is 22.4 Å². The van der Waals surface area contributed by atoms with Gasteiger partial charge in [-0.1, -0.05) is 0 Å². The van der Waals surface area contributed by atoms with E-state index in [9.17, 15) is 10.2 Å². The van der Waals surface area contributed by atoms with Crippen LogP contribution in [0.3, 0.4) is 0 Å². The summed E-state index contributed by atoms with van der Waals surface area (Å²) in [6.45, 7) is -0.635. The van der Waals surface area contributed by atoms with Gasteiger partial charge in [-0.05, 0) is 12.2 Å². The van der Waals surface area contributed by atoms with Crippen molar-refractivity contribution < 1.29 is 20.4 Å². The Bertz CT molecular complexity index is 221. The molecule has 88 valence electrons. The Morgan fingerprint density at radius 3 is 2.20 bits per heavy atom. The SMILES string of the molecule is OC[C@@H](O)[C@@H](O)[C@H](O)C1NNC(=S)NN1. The molecule has 1 heterocycles. The van der Waals surface area contributed by atoms with E-state index in [1.54, 1.807) is 0 Å². The first-order valence-corrected chi connectivity index (χ1v) is 4.69. The molecule has 0 saturated carbocycles. The van der Waals surface area contributed by atoms with Crippen molar-refractivity contribution in [2.24, 2.45) is 0 Å². The van der Waals surface area contributed by atoms with Crippen LogP contribution in [0.2, 0.25) is 0 Å². The number of hydrazine groups is 2. The molecule has 0 amide bonds. The van der Waals surface area contributed by atoms with Crippen molar-refractivity contribution >= 4 is 17.3 Å². The van der Waals surface area contributed by atoms with Gasteiger partial charge >= 0.3 is 0 Å². The predicted molar refractivity (Wildman–Crippen MR) is 54.0 cm³/mol. The lowest BCUT2D eigenvalue weighted by atomic mass is 10.1. The van der Waals surface area contributed by atoms with Crippen LogP contribution in [-0.2, 0) is 0 Å². The maximum absolute atomic E-state index is 9.56. The van der Waals surface area contributed by atoms with Crippen molar-refractivity contribution in [3.05, 3.63) is 0 Å². The van der Waals surface area contributed by atoms with Gasteiger partial charge in [0.1, 0.15) is 24.5 Å². The lowest BCUT2D eigenvalue weighted by molar-refractivity contribution is -0.0934. The fourth-order valence-electron chi connectivity index (χ4n) is 1.06. The third-order valence-corrected chi connectivity index (χ3v) is 2.16. The molecule has 8 N–H and O–H groups in total. The van der Waals surface area contributed by atoms with E-state index in [2.05, 4.69) is 21.7 Å². The van der Waals surface area contributed by atoms with Crippen LogP contribution in [0.25, 0.3) is 0 Å². The van der Waals surface area contributed by atoms with Crippen LogP contribution in [0.15, 0.2) is 0 Å². The highest BCUT2D eigenvalue weighted by molar-refractivity contribution is 7.80. The van der Waals surface area contributed by atoms with E-state index in [1.807, 2.05) is 0 Å². The van der Waals surface area contributed by atoms with Gasteiger partial charge < -0.3 is 20.4 Å². The summed E-state index contributed by atoms with van der Waals surface area (Å²) in [6, 6.07) is 0. The van der Waals surface area contributed by atoms with Crippen LogP contribution in [0, 0.1) is 0 Å². The van der Waals surface area contributed by atoms with Crippen LogP contribution in [0.4, 0.5) is 0 Å². The second-order valence-electron chi connectivity index (χ2n) is 3.08. The topological polar surface area (TPSA) is 129 Å². The number of aliphatic hydroxyl groups excluding tert-OH is 4. The second kappa shape index (κ2) is 5.51. The molecule has 1 rings (SSSR count). The summed E-state index contributed by atoms with van der Waals surface area (Å²) >= 11 is 4.70. The maximum atomic E-state index is 9.56. The Kier molecular flexibility index (Phi) is 4.60. The molecule has 1 fully saturated rings. The zero-order chi connectivity index (χ0) is 11.4. The molecule has 0 aromatic rings. The summed E-state index contributed by atoms with van der Waals surface area (Å²) in [5, 5.41) is 36.9. The van der Waals surface area contributed by atoms with Gasteiger partial charge in [-0.2, -0.15) is 0 Å². The highest BCUT2D eigenvalue weighted by Crippen LogP contribution is 2.03. The number of rotatable bonds is 4. The zero-order valence-corrected chi connectivity index (χ0v) is 8.53. The summed E-state index contributed by atoms with van der Waals surface area (Å²) in [4.78, 5) is 0. The first-order chi connectivity index (χ1) is 7.06. The van der Waals surface area contributed by atoms with Crippen molar-refractivity contribution in [3.8, 4) is 0 Å². The highest BCUT2D eigenvalue weighted by atomic mass is 32.1. The standard InChI is InChI=1S/C6H14N4O4S/c11-1-2(12)3(13)4(14)5-7-9-6(15)10-8-5/h2-5,7-8,11-14H,1H2,(H2,9,10,15)/t2-,3-,4+/m1/s1. The summed E-state index contributed by atoms with van der Waals surface area (Å²) < 4.78 is 0. The fraction of sp³-hybridized carbons (Fsp3) is 0.833. The smallest absolute Gasteiger partial charge is 0.195 e. The molecule has 1 saturated heterocycles. The average molecular weight is 238 g/mol. The van der Waals surface area contributed by atoms with Crippen LogP contribution in [0.5, 0.6) is 0 Å². The van der Waals surface area contributed by atoms with Gasteiger partial charge in [0.2, 0.25) is 0 Å². The maximum Gasteiger partial charge on any atom is 0.195 e. The molecular weight excluding hydrogens is 224 g/mol. The molecule has 0 aromatic heterocycles. The minimum Gasteiger partial charge on any atom is -0.394 e. The lowest BCUT2D eigenvalue weighted by Gasteiger charge is -2.34. The Labute approximate surface area is 91.2 Å². The van der Waals surface area contributed by atoms with Crippen molar-refractivity contribution in [1.82, 2.24) is 21.7 Å². The van der Waals surface area contributed by atoms with E-state index in [1.165, 1.54) is 0 Å². The van der Waals surface area contributed by atoms with Crippen LogP contribution >= 0.6 is 12.2 Å². The van der Waals surface area contributed by atoms with Crippen molar-refractivity contribution in [3.63, 3.8) is 0 Å². The van der Waals surface area contributed by atoms with Gasteiger partial charge in [0.05, 0.1) is 6.61 Å². The number of hydrogen-bond donors (Lipinski definition) is 8. The Hall–Kier alpha value is -0.550. The van der Waals surface area contributed by atoms with Crippen molar-refractivity contribution in [2.45, 2.75) is 24.5 Å². The van der Waals surface area contributed by atoms with Crippen LogP contribution in [-0.4, -0.2) is 56.6 Å². The first-order valence-electron chi connectivity index (χ1n) is 4.28. The van der Waals surface area contributed by atoms with E-state index in [0.717, 1.165) is 0 Å². The molecule has 0 bridgehead atoms. The molecule has 0 aliphatic carbocycles. The van der Waals surface area contributed by atoms with Crippen LogP contribution in [0.1, 0.15) is 0 Å². The van der Waals surface area contributed by atoms with Crippen molar-refractivity contribution in [1.29, 1.82) is 0 Å². The molecule has 9 heteroatoms. The molecule has 8 nitrogen and oxygen atoms in total. The van der Waals surface area contributed by atoms with E-state index >= 15 is 0 Å². The zero-order valence-electron chi connectivity index (χ0n) is 7.71. The minimum atomic E-state index is -1.48. The fourth-order valence-corrected chi connectivity index (χ4v) is 1.18. The van der Waals surface area contributed by atoms with Gasteiger partial charge in [-0.25, -0.2) is 10.9 Å². The Balaban J connectivity index is 2.45. The Morgan fingerprint density at radius 1 is 1.20 bits per heavy atom. The highest BCUT2D eigenvalue weighted by Gasteiger charge is 2.32. The summed E-state index contributed by atoms with van der Waals surface area (Å²) in [5.74, 6) is 0. The minimum absolute atomic E-state index is 0.288. The lowest BCUT2D eigenvalue weighted by Crippen LogP contribution is -2.71. The van der Waals surface area contributed by atoms with E-state index in [0.29, 0.717) is 0 Å². The summed E-state index contributed by atoms with van der Waals surface area (Å²) in [7, 11) is 0. The average Bonchev–Trinajstić information content (AvgIpc) is 2.27. The molecular formula is C6H14N4O4S. The van der Waals surface area contributed by atoms with E-state index < -0.39 is 31.1 Å². The number of thiocarbonyl (C=S) groups is 1. The molecule has 1 aliphatic heterocycles. The first kappa shape index (κ1) is 12.5.